The lowest BCUT2D eigenvalue weighted by Crippen LogP contribution is -2.48. The van der Waals surface area contributed by atoms with E-state index < -0.39 is 0 Å². The average Bonchev–Trinajstić information content (AvgIpc) is 3.40. The molecule has 152 valence electrons. The molecule has 2 fully saturated rings. The van der Waals surface area contributed by atoms with E-state index in [-0.39, 0.29) is 30.6 Å². The first-order chi connectivity index (χ1) is 13.7. The minimum atomic E-state index is -0.333. The van der Waals surface area contributed by atoms with Crippen molar-refractivity contribution in [2.24, 2.45) is 5.92 Å². The first kappa shape index (κ1) is 18.9. The first-order valence-electron chi connectivity index (χ1n) is 10.3. The van der Waals surface area contributed by atoms with Crippen molar-refractivity contribution in [2.45, 2.75) is 51.0 Å². The molecule has 1 aliphatic carbocycles. The van der Waals surface area contributed by atoms with Crippen LogP contribution in [0, 0.1) is 5.92 Å². The first-order valence-corrected chi connectivity index (χ1v) is 10.3. The van der Waals surface area contributed by atoms with Crippen molar-refractivity contribution in [3.05, 3.63) is 18.2 Å². The van der Waals surface area contributed by atoms with Crippen LogP contribution in [0.5, 0.6) is 17.2 Å². The zero-order valence-electron chi connectivity index (χ0n) is 16.2. The summed E-state index contributed by atoms with van der Waals surface area (Å²) in [6, 6.07) is 5.08. The monoisotopic (exact) mass is 388 g/mol. The minimum Gasteiger partial charge on any atom is -0.492 e. The van der Waals surface area contributed by atoms with Crippen LogP contribution in [0.25, 0.3) is 0 Å². The number of ether oxygens (including phenoxy) is 3. The van der Waals surface area contributed by atoms with Crippen molar-refractivity contribution in [3.63, 3.8) is 0 Å². The topological polar surface area (TPSA) is 77.1 Å². The van der Waals surface area contributed by atoms with Gasteiger partial charge in [-0.1, -0.05) is 19.3 Å². The second-order valence-corrected chi connectivity index (χ2v) is 7.68. The number of fused-ring (bicyclic) bond motifs is 1. The highest BCUT2D eigenvalue weighted by atomic mass is 16.7. The van der Waals surface area contributed by atoms with Gasteiger partial charge in [0.05, 0.1) is 6.54 Å². The van der Waals surface area contributed by atoms with Gasteiger partial charge in [-0.05, 0) is 37.8 Å². The molecule has 1 aromatic carbocycles. The van der Waals surface area contributed by atoms with Gasteiger partial charge in [0.15, 0.2) is 11.5 Å². The molecule has 1 aromatic rings. The molecule has 1 N–H and O–H groups in total. The third kappa shape index (κ3) is 4.18. The molecule has 0 radical (unpaired) electrons. The van der Waals surface area contributed by atoms with Gasteiger partial charge < -0.3 is 24.4 Å². The maximum absolute atomic E-state index is 12.8. The van der Waals surface area contributed by atoms with Gasteiger partial charge in [-0.2, -0.15) is 0 Å². The van der Waals surface area contributed by atoms with Crippen LogP contribution in [0.1, 0.15) is 44.9 Å². The molecule has 1 atom stereocenters. The summed E-state index contributed by atoms with van der Waals surface area (Å²) in [5, 5.41) is 2.92. The predicted octanol–water partition coefficient (Wildman–Crippen LogP) is 2.48. The number of amides is 2. The second kappa shape index (κ2) is 8.71. The molecule has 2 amide bonds. The van der Waals surface area contributed by atoms with Crippen LogP contribution >= 0.6 is 0 Å². The zero-order valence-corrected chi connectivity index (χ0v) is 16.2. The fraction of sp³-hybridized carbons (Fsp3) is 0.619. The van der Waals surface area contributed by atoms with Crippen molar-refractivity contribution in [3.8, 4) is 17.2 Å². The lowest BCUT2D eigenvalue weighted by molar-refractivity contribution is -0.142. The molecule has 1 saturated carbocycles. The molecule has 2 aliphatic heterocycles. The van der Waals surface area contributed by atoms with Crippen molar-refractivity contribution in [2.75, 3.05) is 26.5 Å². The van der Waals surface area contributed by atoms with E-state index in [1.807, 2.05) is 17.0 Å². The van der Waals surface area contributed by atoms with E-state index in [1.54, 1.807) is 6.07 Å². The van der Waals surface area contributed by atoms with Gasteiger partial charge in [0.1, 0.15) is 18.4 Å². The Morgan fingerprint density at radius 3 is 2.75 bits per heavy atom. The van der Waals surface area contributed by atoms with Gasteiger partial charge in [-0.3, -0.25) is 9.59 Å². The van der Waals surface area contributed by atoms with E-state index in [0.717, 1.165) is 38.5 Å². The van der Waals surface area contributed by atoms with E-state index in [1.165, 1.54) is 6.42 Å². The van der Waals surface area contributed by atoms with Crippen LogP contribution in [0.2, 0.25) is 0 Å². The van der Waals surface area contributed by atoms with Crippen molar-refractivity contribution >= 4 is 11.8 Å². The van der Waals surface area contributed by atoms with Crippen LogP contribution in [-0.4, -0.2) is 49.2 Å². The molecule has 28 heavy (non-hydrogen) atoms. The predicted molar refractivity (Wildman–Crippen MR) is 102 cm³/mol. The number of likely N-dealkylation sites (tertiary alicyclic amines) is 1. The molecule has 1 saturated heterocycles. The van der Waals surface area contributed by atoms with Gasteiger partial charge >= 0.3 is 0 Å². The van der Waals surface area contributed by atoms with E-state index in [4.69, 9.17) is 14.2 Å². The third-order valence-electron chi connectivity index (χ3n) is 5.81. The summed E-state index contributed by atoms with van der Waals surface area (Å²) in [7, 11) is 0. The Kier molecular flexibility index (Phi) is 5.88. The molecular formula is C21H28N2O5. The van der Waals surface area contributed by atoms with Gasteiger partial charge in [0.25, 0.3) is 0 Å². The summed E-state index contributed by atoms with van der Waals surface area (Å²) in [6.45, 7) is 1.68. The lowest BCUT2D eigenvalue weighted by atomic mass is 9.88. The highest BCUT2D eigenvalue weighted by Crippen LogP contribution is 2.35. The van der Waals surface area contributed by atoms with Crippen LogP contribution in [0.15, 0.2) is 18.2 Å². The summed E-state index contributed by atoms with van der Waals surface area (Å²) < 4.78 is 16.3. The van der Waals surface area contributed by atoms with Crippen LogP contribution < -0.4 is 19.5 Å². The molecule has 0 spiro atoms. The maximum atomic E-state index is 12.8. The number of nitrogens with one attached hydrogen (secondary N) is 1. The van der Waals surface area contributed by atoms with Gasteiger partial charge in [-0.25, -0.2) is 0 Å². The molecule has 4 rings (SSSR count). The molecule has 1 unspecified atom stereocenters. The molecule has 0 aromatic heterocycles. The Morgan fingerprint density at radius 1 is 1.07 bits per heavy atom. The van der Waals surface area contributed by atoms with Crippen molar-refractivity contribution in [1.29, 1.82) is 0 Å². The summed E-state index contributed by atoms with van der Waals surface area (Å²) in [6.07, 6.45) is 7.03. The van der Waals surface area contributed by atoms with Crippen LogP contribution in [0.3, 0.4) is 0 Å². The second-order valence-electron chi connectivity index (χ2n) is 7.68. The quantitative estimate of drug-likeness (QED) is 0.758. The Balaban J connectivity index is 1.23. The largest absolute Gasteiger partial charge is 0.492 e. The van der Waals surface area contributed by atoms with Gasteiger partial charge in [0.2, 0.25) is 18.6 Å². The highest BCUT2D eigenvalue weighted by molar-refractivity contribution is 5.89. The molecular weight excluding hydrogens is 360 g/mol. The average molecular weight is 388 g/mol. The summed E-state index contributed by atoms with van der Waals surface area (Å²) in [5.41, 5.74) is 0. The van der Waals surface area contributed by atoms with Gasteiger partial charge in [0, 0.05) is 18.5 Å². The smallest absolute Gasteiger partial charge is 0.242 e. The Hall–Kier alpha value is -2.44. The highest BCUT2D eigenvalue weighted by Gasteiger charge is 2.37. The lowest BCUT2D eigenvalue weighted by Gasteiger charge is -2.30. The number of nitrogens with zero attached hydrogens (tertiary/aromatic N) is 1. The fourth-order valence-electron chi connectivity index (χ4n) is 4.31. The van der Waals surface area contributed by atoms with E-state index >= 15 is 0 Å². The molecule has 7 nitrogen and oxygen atoms in total. The summed E-state index contributed by atoms with van der Waals surface area (Å²) in [5.74, 6) is 2.27. The number of hydrogen-bond donors (Lipinski definition) is 1. The third-order valence-corrected chi connectivity index (χ3v) is 5.81. The van der Waals surface area contributed by atoms with E-state index in [0.29, 0.717) is 36.9 Å². The van der Waals surface area contributed by atoms with Gasteiger partial charge in [-0.15, -0.1) is 0 Å². The Morgan fingerprint density at radius 2 is 1.89 bits per heavy atom. The Bertz CT molecular complexity index is 717. The zero-order chi connectivity index (χ0) is 19.3. The molecule has 7 heteroatoms. The van der Waals surface area contributed by atoms with E-state index in [9.17, 15) is 9.59 Å². The molecule has 0 bridgehead atoms. The van der Waals surface area contributed by atoms with Crippen LogP contribution in [0.4, 0.5) is 0 Å². The molecule has 3 aliphatic rings. The minimum absolute atomic E-state index is 0.0732. The van der Waals surface area contributed by atoms with Crippen molar-refractivity contribution in [1.82, 2.24) is 10.2 Å². The SMILES string of the molecule is O=C(NCCOc1ccc2c(c1)OCO2)C1CCCN1C(=O)C1CCCCC1. The number of carbonyl (C=O) groups excluding carboxylic acids is 2. The Labute approximate surface area is 165 Å². The number of carbonyl (C=O) groups is 2. The normalized spacial score (nSPS) is 21.6. The fourth-order valence-corrected chi connectivity index (χ4v) is 4.31. The van der Waals surface area contributed by atoms with Crippen LogP contribution in [-0.2, 0) is 9.59 Å². The summed E-state index contributed by atoms with van der Waals surface area (Å²) in [4.78, 5) is 27.2. The summed E-state index contributed by atoms with van der Waals surface area (Å²) >= 11 is 0. The number of benzene rings is 1. The molecule has 2 heterocycles. The van der Waals surface area contributed by atoms with Crippen molar-refractivity contribution < 1.29 is 23.8 Å². The van der Waals surface area contributed by atoms with E-state index in [2.05, 4.69) is 5.32 Å². The number of rotatable bonds is 6. The maximum Gasteiger partial charge on any atom is 0.242 e. The standard InChI is InChI=1S/C21H28N2O5/c24-20(17-7-4-11-23(17)21(25)15-5-2-1-3-6-15)22-10-12-26-16-8-9-18-19(13-16)28-14-27-18/h8-9,13,15,17H,1-7,10-12,14H2,(H,22,24). The number of hydrogen-bond acceptors (Lipinski definition) is 5.